The van der Waals surface area contributed by atoms with E-state index in [4.69, 9.17) is 0 Å². The highest BCUT2D eigenvalue weighted by Crippen LogP contribution is 2.24. The van der Waals surface area contributed by atoms with Gasteiger partial charge in [-0.3, -0.25) is 4.90 Å². The third kappa shape index (κ3) is 15.4. The van der Waals surface area contributed by atoms with Gasteiger partial charge in [-0.2, -0.15) is 15.2 Å². The molecule has 3 fully saturated rings. The number of hydroxylamine groups is 6. The summed E-state index contributed by atoms with van der Waals surface area (Å²) in [6.45, 7) is 21.4. The van der Waals surface area contributed by atoms with E-state index in [0.29, 0.717) is 58.6 Å². The van der Waals surface area contributed by atoms with Crippen molar-refractivity contribution in [3.05, 3.63) is 0 Å². The Labute approximate surface area is 291 Å². The molecule has 9 N–H and O–H groups in total. The topological polar surface area (TPSA) is 258 Å². The number of aliphatic hydroxyl groups excluding tert-OH is 3. The largest absolute Gasteiger partial charge is 0.549 e. The molecule has 3 aliphatic rings. The summed E-state index contributed by atoms with van der Waals surface area (Å²) >= 11 is 0. The summed E-state index contributed by atoms with van der Waals surface area (Å²) in [6, 6.07) is 0. The first kappa shape index (κ1) is 47.0. The second kappa shape index (κ2) is 17.5. The van der Waals surface area contributed by atoms with E-state index in [0.717, 1.165) is 0 Å². The summed E-state index contributed by atoms with van der Waals surface area (Å²) in [5.41, 5.74) is -1.41. The van der Waals surface area contributed by atoms with Crippen LogP contribution in [-0.2, 0) is 14.4 Å². The van der Waals surface area contributed by atoms with Crippen LogP contribution in [0, 0.1) is 0 Å². The predicted octanol–water partition coefficient (Wildman–Crippen LogP) is -5.54. The minimum absolute atomic E-state index is 0.235. The molecule has 0 spiro atoms. The Hall–Kier alpha value is -1.99. The number of aliphatic carboxylic acids is 3. The molecule has 0 bridgehead atoms. The maximum Gasteiger partial charge on any atom is 0.124 e. The molecule has 49 heavy (non-hydrogen) atoms. The lowest BCUT2D eigenvalue weighted by molar-refractivity contribution is -1.16. The predicted molar refractivity (Wildman–Crippen MR) is 170 cm³/mol. The summed E-state index contributed by atoms with van der Waals surface area (Å²) in [5.74, 6) is -4.70. The number of quaternary nitrogens is 3. The van der Waals surface area contributed by atoms with Crippen molar-refractivity contribution in [1.82, 2.24) is 4.90 Å². The zero-order valence-electron chi connectivity index (χ0n) is 31.7. The Morgan fingerprint density at radius 2 is 0.612 bits per heavy atom. The molecule has 0 unspecified atom stereocenters. The Balaban J connectivity index is 0.000000627. The van der Waals surface area contributed by atoms with Crippen LogP contribution in [0.1, 0.15) is 122 Å². The van der Waals surface area contributed by atoms with Gasteiger partial charge < -0.3 is 45.0 Å². The lowest BCUT2D eigenvalue weighted by Gasteiger charge is -2.45. The molecular weight excluding hydrogens is 644 g/mol. The van der Waals surface area contributed by atoms with Gasteiger partial charge in [-0.05, 0) is 83.1 Å². The number of nitrogens with one attached hydrogen (secondary N) is 3. The highest BCUT2D eigenvalue weighted by Gasteiger charge is 2.51. The van der Waals surface area contributed by atoms with Crippen molar-refractivity contribution in [2.75, 3.05) is 19.6 Å². The zero-order chi connectivity index (χ0) is 39.1. The van der Waals surface area contributed by atoms with Gasteiger partial charge >= 0.3 is 0 Å². The lowest BCUT2D eigenvalue weighted by atomic mass is 9.80. The van der Waals surface area contributed by atoms with Crippen molar-refractivity contribution >= 4 is 17.9 Å². The second-order valence-electron chi connectivity index (χ2n) is 17.8. The normalized spacial score (nSPS) is 31.7. The average Bonchev–Trinajstić information content (AvgIpc) is 2.83. The van der Waals surface area contributed by atoms with Crippen molar-refractivity contribution in [3.63, 3.8) is 0 Å². The summed E-state index contributed by atoms with van der Waals surface area (Å²) in [5, 5.41) is 89.9. The quantitative estimate of drug-likeness (QED) is 0.125. The van der Waals surface area contributed by atoms with E-state index in [1.54, 1.807) is 0 Å². The Kier molecular flexibility index (Phi) is 16.8. The van der Waals surface area contributed by atoms with Crippen LogP contribution in [0.3, 0.4) is 0 Å². The van der Waals surface area contributed by atoms with Crippen molar-refractivity contribution in [2.24, 2.45) is 0 Å². The second-order valence-corrected chi connectivity index (χ2v) is 17.8. The monoisotopic (exact) mass is 710 g/mol. The molecule has 0 aromatic heterocycles. The van der Waals surface area contributed by atoms with Crippen molar-refractivity contribution in [3.8, 4) is 0 Å². The molecule has 16 nitrogen and oxygen atoms in total. The Morgan fingerprint density at radius 1 is 0.469 bits per heavy atom. The van der Waals surface area contributed by atoms with E-state index >= 15 is 0 Å². The molecule has 0 saturated carbocycles. The summed E-state index contributed by atoms with van der Waals surface area (Å²) < 4.78 is 0. The van der Waals surface area contributed by atoms with Crippen molar-refractivity contribution in [2.45, 2.75) is 173 Å². The fraction of sp³-hybridized carbons (Fsp3) is 0.909. The number of aliphatic hydroxyl groups is 3. The molecule has 3 saturated heterocycles. The average molecular weight is 711 g/mol. The number of hydrogen-bond acceptors (Lipinski definition) is 13. The van der Waals surface area contributed by atoms with Crippen LogP contribution in [0.5, 0.6) is 0 Å². The molecule has 16 heteroatoms. The van der Waals surface area contributed by atoms with Crippen LogP contribution in [0.25, 0.3) is 0 Å². The van der Waals surface area contributed by atoms with Gasteiger partial charge in [-0.25, -0.2) is 15.6 Å². The third-order valence-electron chi connectivity index (χ3n) is 9.38. The van der Waals surface area contributed by atoms with E-state index < -0.39 is 37.5 Å². The van der Waals surface area contributed by atoms with Gasteiger partial charge in [0.25, 0.3) is 0 Å². The van der Waals surface area contributed by atoms with E-state index in [2.05, 4.69) is 0 Å². The molecule has 0 radical (unpaired) electrons. The molecule has 3 aliphatic heterocycles. The van der Waals surface area contributed by atoms with Crippen LogP contribution in [0.2, 0.25) is 0 Å². The van der Waals surface area contributed by atoms with Crippen LogP contribution in [0.15, 0.2) is 0 Å². The minimum Gasteiger partial charge on any atom is -0.549 e. The van der Waals surface area contributed by atoms with Crippen LogP contribution >= 0.6 is 0 Å². The molecular formula is C33H66N4O12. The van der Waals surface area contributed by atoms with Crippen molar-refractivity contribution in [1.29, 1.82) is 0 Å². The lowest BCUT2D eigenvalue weighted by Crippen LogP contribution is -3.25. The smallest absolute Gasteiger partial charge is 0.124 e. The number of carboxylic acids is 3. The number of piperidine rings is 3. The molecule has 0 aromatic rings. The summed E-state index contributed by atoms with van der Waals surface area (Å²) in [4.78, 5) is 30.6. The zero-order valence-corrected chi connectivity index (χ0v) is 31.7. The van der Waals surface area contributed by atoms with Crippen LogP contribution in [0.4, 0.5) is 0 Å². The number of carboxylic acid groups (broad SMARTS) is 3. The Bertz CT molecular complexity index is 908. The highest BCUT2D eigenvalue weighted by atomic mass is 16.5. The van der Waals surface area contributed by atoms with Crippen LogP contribution < -0.4 is 30.5 Å². The van der Waals surface area contributed by atoms with Gasteiger partial charge in [-0.15, -0.1) is 0 Å². The molecule has 0 atom stereocenters. The number of rotatable bonds is 6. The first-order chi connectivity index (χ1) is 21.7. The van der Waals surface area contributed by atoms with Gasteiger partial charge in [0.15, 0.2) is 0 Å². The summed E-state index contributed by atoms with van der Waals surface area (Å²) in [6.07, 6.45) is 3.20. The number of nitrogens with zero attached hydrogens (tertiary/aromatic N) is 1. The molecule has 0 aromatic carbocycles. The number of carbonyl (C=O) groups is 3. The fourth-order valence-corrected chi connectivity index (χ4v) is 7.79. The summed E-state index contributed by atoms with van der Waals surface area (Å²) in [7, 11) is 0. The van der Waals surface area contributed by atoms with E-state index in [9.17, 15) is 60.6 Å². The van der Waals surface area contributed by atoms with Crippen LogP contribution in [-0.4, -0.2) is 125 Å². The minimum atomic E-state index is -1.57. The van der Waals surface area contributed by atoms with Gasteiger partial charge in [-0.1, -0.05) is 0 Å². The third-order valence-corrected chi connectivity index (χ3v) is 9.38. The molecule has 0 aliphatic carbocycles. The number of carbonyl (C=O) groups excluding carboxylic acids is 3. The SMILES string of the molecule is CC1(C)CC(O)CC(C)(C)[NH+]1O.CC1(C)CC(O)CC(C)(C)[NH+]1O.CC1(C)CC(O)CC(C)(C)[NH+]1O.O=C([O-])CN(CC(=O)[O-])CC(=O)[O-]. The standard InChI is InChI=1S/3C9H19NO2.C6H9NO6/c3*1-8(2)5-7(11)6-9(3,4)10(8)12;8-4(9)1-7(2-5(10)11)3-6(12)13/h3*7,11-12H,5-6H2,1-4H3;1-3H2,(H,8,9)(H,10,11)(H,12,13). The fourth-order valence-electron chi connectivity index (χ4n) is 7.79. The van der Waals surface area contributed by atoms with Gasteiger partial charge in [0.1, 0.15) is 33.2 Å². The Morgan fingerprint density at radius 3 is 0.735 bits per heavy atom. The maximum absolute atomic E-state index is 9.99. The molecule has 3 heterocycles. The molecule has 0 amide bonds. The number of hydrogen-bond donors (Lipinski definition) is 9. The molecule has 3 rings (SSSR count). The highest BCUT2D eigenvalue weighted by molar-refractivity contribution is 5.73. The van der Waals surface area contributed by atoms with Gasteiger partial charge in [0, 0.05) is 58.2 Å². The molecule has 290 valence electrons. The van der Waals surface area contributed by atoms with E-state index in [-0.39, 0.29) is 51.5 Å². The first-order valence-electron chi connectivity index (χ1n) is 16.8. The van der Waals surface area contributed by atoms with Gasteiger partial charge in [0.05, 0.1) is 36.2 Å². The maximum atomic E-state index is 9.99. The first-order valence-corrected chi connectivity index (χ1v) is 16.8. The van der Waals surface area contributed by atoms with E-state index in [1.165, 1.54) is 0 Å². The van der Waals surface area contributed by atoms with E-state index in [1.807, 2.05) is 83.1 Å². The van der Waals surface area contributed by atoms with Crippen molar-refractivity contribution < 1.29 is 75.8 Å². The van der Waals surface area contributed by atoms with Gasteiger partial charge in [0.2, 0.25) is 0 Å².